The highest BCUT2D eigenvalue weighted by molar-refractivity contribution is 7.80. The van der Waals surface area contributed by atoms with Crippen molar-refractivity contribution in [3.63, 3.8) is 0 Å². The van der Waals surface area contributed by atoms with Gasteiger partial charge in [0.1, 0.15) is 5.82 Å². The minimum absolute atomic E-state index is 0.171. The Morgan fingerprint density at radius 2 is 1.92 bits per heavy atom. The third-order valence-corrected chi connectivity index (χ3v) is 2.45. The van der Waals surface area contributed by atoms with E-state index < -0.39 is 0 Å². The fourth-order valence-corrected chi connectivity index (χ4v) is 1.80. The van der Waals surface area contributed by atoms with Crippen molar-refractivity contribution in [1.82, 2.24) is 0 Å². The van der Waals surface area contributed by atoms with Gasteiger partial charge < -0.3 is 0 Å². The number of hydrogen-bond donors (Lipinski definition) is 1. The van der Waals surface area contributed by atoms with Crippen LogP contribution in [0.4, 0.5) is 4.39 Å². The molecule has 0 heterocycles. The quantitative estimate of drug-likeness (QED) is 0.704. The minimum Gasteiger partial charge on any atom is -0.207 e. The van der Waals surface area contributed by atoms with Crippen LogP contribution in [0, 0.1) is 5.82 Å². The van der Waals surface area contributed by atoms with Crippen molar-refractivity contribution in [2.75, 3.05) is 0 Å². The SMILES string of the molecule is CCCC(S)Cc1ccc(F)cc1. The van der Waals surface area contributed by atoms with E-state index in [0.717, 1.165) is 24.8 Å². The van der Waals surface area contributed by atoms with Crippen LogP contribution in [-0.4, -0.2) is 5.25 Å². The Kier molecular flexibility index (Phi) is 4.29. The first-order valence-electron chi connectivity index (χ1n) is 4.65. The van der Waals surface area contributed by atoms with Crippen molar-refractivity contribution in [2.24, 2.45) is 0 Å². The van der Waals surface area contributed by atoms with Gasteiger partial charge in [-0.15, -0.1) is 0 Å². The van der Waals surface area contributed by atoms with Gasteiger partial charge in [-0.3, -0.25) is 0 Å². The molecule has 72 valence electrons. The van der Waals surface area contributed by atoms with Crippen LogP contribution >= 0.6 is 12.6 Å². The summed E-state index contributed by atoms with van der Waals surface area (Å²) in [5.74, 6) is -0.171. The van der Waals surface area contributed by atoms with Crippen molar-refractivity contribution in [3.05, 3.63) is 35.6 Å². The van der Waals surface area contributed by atoms with Gasteiger partial charge in [0, 0.05) is 5.25 Å². The summed E-state index contributed by atoms with van der Waals surface area (Å²) in [5, 5.41) is 0.399. The molecule has 0 aliphatic carbocycles. The topological polar surface area (TPSA) is 0 Å². The van der Waals surface area contributed by atoms with Crippen LogP contribution in [0.2, 0.25) is 0 Å². The Balaban J connectivity index is 2.49. The summed E-state index contributed by atoms with van der Waals surface area (Å²) in [5.41, 5.74) is 1.16. The zero-order valence-corrected chi connectivity index (χ0v) is 8.73. The van der Waals surface area contributed by atoms with Crippen LogP contribution in [-0.2, 0) is 6.42 Å². The zero-order valence-electron chi connectivity index (χ0n) is 7.83. The lowest BCUT2D eigenvalue weighted by atomic mass is 10.1. The molecular weight excluding hydrogens is 183 g/mol. The van der Waals surface area contributed by atoms with Gasteiger partial charge in [-0.2, -0.15) is 12.6 Å². The van der Waals surface area contributed by atoms with Gasteiger partial charge in [0.25, 0.3) is 0 Å². The molecule has 0 radical (unpaired) electrons. The number of halogens is 1. The van der Waals surface area contributed by atoms with Crippen molar-refractivity contribution < 1.29 is 4.39 Å². The third-order valence-electron chi connectivity index (χ3n) is 2.01. The Morgan fingerprint density at radius 1 is 1.31 bits per heavy atom. The second kappa shape index (κ2) is 5.28. The first-order chi connectivity index (χ1) is 6.22. The van der Waals surface area contributed by atoms with E-state index in [0.29, 0.717) is 5.25 Å². The summed E-state index contributed by atoms with van der Waals surface area (Å²) in [6, 6.07) is 6.66. The molecular formula is C11H15FS. The first kappa shape index (κ1) is 10.6. The Morgan fingerprint density at radius 3 is 2.46 bits per heavy atom. The van der Waals surface area contributed by atoms with Crippen LogP contribution in [0.5, 0.6) is 0 Å². The molecule has 1 atom stereocenters. The summed E-state index contributed by atoms with van der Waals surface area (Å²) in [6.07, 6.45) is 3.19. The molecule has 0 saturated carbocycles. The smallest absolute Gasteiger partial charge is 0.123 e. The van der Waals surface area contributed by atoms with E-state index in [1.54, 1.807) is 0 Å². The fourth-order valence-electron chi connectivity index (χ4n) is 1.33. The molecule has 1 rings (SSSR count). The normalized spacial score (nSPS) is 12.8. The monoisotopic (exact) mass is 198 g/mol. The lowest BCUT2D eigenvalue weighted by Gasteiger charge is -2.08. The molecule has 0 aromatic heterocycles. The standard InChI is InChI=1S/C11H15FS/c1-2-3-11(13)8-9-4-6-10(12)7-5-9/h4-7,11,13H,2-3,8H2,1H3. The first-order valence-corrected chi connectivity index (χ1v) is 5.16. The second-order valence-corrected chi connectivity index (χ2v) is 4.00. The maximum absolute atomic E-state index is 12.6. The van der Waals surface area contributed by atoms with Crippen molar-refractivity contribution in [3.8, 4) is 0 Å². The maximum atomic E-state index is 12.6. The van der Waals surface area contributed by atoms with Gasteiger partial charge in [-0.05, 0) is 30.5 Å². The molecule has 0 nitrogen and oxygen atoms in total. The largest absolute Gasteiger partial charge is 0.207 e. The molecule has 0 fully saturated rings. The maximum Gasteiger partial charge on any atom is 0.123 e. The molecule has 0 spiro atoms. The van der Waals surface area contributed by atoms with E-state index in [2.05, 4.69) is 19.6 Å². The molecule has 0 aliphatic rings. The Hall–Kier alpha value is -0.500. The van der Waals surface area contributed by atoms with Crippen LogP contribution < -0.4 is 0 Å². The van der Waals surface area contributed by atoms with E-state index >= 15 is 0 Å². The van der Waals surface area contributed by atoms with E-state index in [-0.39, 0.29) is 5.82 Å². The summed E-state index contributed by atoms with van der Waals surface area (Å²) in [4.78, 5) is 0. The van der Waals surface area contributed by atoms with Crippen LogP contribution in [0.25, 0.3) is 0 Å². The molecule has 0 N–H and O–H groups in total. The van der Waals surface area contributed by atoms with Gasteiger partial charge in [0.2, 0.25) is 0 Å². The summed E-state index contributed by atoms with van der Waals surface area (Å²) >= 11 is 4.45. The summed E-state index contributed by atoms with van der Waals surface area (Å²) in [6.45, 7) is 2.15. The number of rotatable bonds is 4. The van der Waals surface area contributed by atoms with Crippen LogP contribution in [0.1, 0.15) is 25.3 Å². The van der Waals surface area contributed by atoms with Gasteiger partial charge in [-0.25, -0.2) is 4.39 Å². The zero-order chi connectivity index (χ0) is 9.68. The van der Waals surface area contributed by atoms with Crippen molar-refractivity contribution >= 4 is 12.6 Å². The van der Waals surface area contributed by atoms with E-state index in [4.69, 9.17) is 0 Å². The molecule has 13 heavy (non-hydrogen) atoms. The molecule has 2 heteroatoms. The van der Waals surface area contributed by atoms with Gasteiger partial charge in [-0.1, -0.05) is 25.5 Å². The van der Waals surface area contributed by atoms with Gasteiger partial charge in [0.05, 0.1) is 0 Å². The minimum atomic E-state index is -0.171. The predicted octanol–water partition coefficient (Wildman–Crippen LogP) is 3.47. The molecule has 0 bridgehead atoms. The van der Waals surface area contributed by atoms with E-state index in [1.165, 1.54) is 12.1 Å². The highest BCUT2D eigenvalue weighted by atomic mass is 32.1. The van der Waals surface area contributed by atoms with Crippen LogP contribution in [0.15, 0.2) is 24.3 Å². The Bertz CT molecular complexity index is 243. The van der Waals surface area contributed by atoms with Crippen LogP contribution in [0.3, 0.4) is 0 Å². The lowest BCUT2D eigenvalue weighted by Crippen LogP contribution is -2.02. The van der Waals surface area contributed by atoms with Crippen molar-refractivity contribution in [2.45, 2.75) is 31.4 Å². The number of benzene rings is 1. The molecule has 0 amide bonds. The third kappa shape index (κ3) is 3.81. The van der Waals surface area contributed by atoms with E-state index in [1.807, 2.05) is 12.1 Å². The molecule has 0 aliphatic heterocycles. The highest BCUT2D eigenvalue weighted by Gasteiger charge is 2.02. The second-order valence-electron chi connectivity index (χ2n) is 3.27. The molecule has 1 unspecified atom stereocenters. The summed E-state index contributed by atoms with van der Waals surface area (Å²) in [7, 11) is 0. The fraction of sp³-hybridized carbons (Fsp3) is 0.455. The summed E-state index contributed by atoms with van der Waals surface area (Å²) < 4.78 is 12.6. The predicted molar refractivity (Wildman–Crippen MR) is 57.8 cm³/mol. The average Bonchev–Trinajstić information content (AvgIpc) is 2.09. The molecule has 1 aromatic rings. The highest BCUT2D eigenvalue weighted by Crippen LogP contribution is 2.12. The van der Waals surface area contributed by atoms with Crippen molar-refractivity contribution in [1.29, 1.82) is 0 Å². The molecule has 0 saturated heterocycles. The Labute approximate surface area is 84.6 Å². The van der Waals surface area contributed by atoms with Gasteiger partial charge in [0.15, 0.2) is 0 Å². The average molecular weight is 198 g/mol. The number of hydrogen-bond acceptors (Lipinski definition) is 1. The van der Waals surface area contributed by atoms with E-state index in [9.17, 15) is 4.39 Å². The lowest BCUT2D eigenvalue weighted by molar-refractivity contribution is 0.626. The molecule has 1 aromatic carbocycles. The number of thiol groups is 1. The van der Waals surface area contributed by atoms with Gasteiger partial charge >= 0.3 is 0 Å².